The summed E-state index contributed by atoms with van der Waals surface area (Å²) in [6.07, 6.45) is 9.29. The third-order valence-electron chi connectivity index (χ3n) is 5.42. The van der Waals surface area contributed by atoms with Crippen LogP contribution in [0.1, 0.15) is 56.6 Å². The van der Waals surface area contributed by atoms with Crippen LogP contribution >= 0.6 is 0 Å². The molecule has 1 atom stereocenters. The van der Waals surface area contributed by atoms with E-state index in [4.69, 9.17) is 4.84 Å². The van der Waals surface area contributed by atoms with Crippen LogP contribution < -0.4 is 10.2 Å². The van der Waals surface area contributed by atoms with Crippen molar-refractivity contribution in [2.24, 2.45) is 0 Å². The topological polar surface area (TPSA) is 117 Å². The van der Waals surface area contributed by atoms with Gasteiger partial charge < -0.3 is 20.4 Å². The van der Waals surface area contributed by atoms with Crippen molar-refractivity contribution in [3.05, 3.63) is 42.2 Å². The standard InChI is InChI=1S/C22H30N4O5/c27-19(24-13-11-22(30)31-26-20(28)9-10-21(26)29)8-2-1-3-14-25-15-5-7-18(25)17-6-4-12-23-16-17/h4,6,9-10,12,16,18,28-29H,1-3,5,7-8,11,13-15H2,(H,24,27)/t18-/m0/s1. The van der Waals surface area contributed by atoms with Crippen molar-refractivity contribution < 1.29 is 24.6 Å². The van der Waals surface area contributed by atoms with Gasteiger partial charge in [-0.25, -0.2) is 4.79 Å². The summed E-state index contributed by atoms with van der Waals surface area (Å²) in [6.45, 7) is 2.27. The van der Waals surface area contributed by atoms with Crippen LogP contribution in [0.4, 0.5) is 0 Å². The molecular formula is C22H30N4O5. The fourth-order valence-electron chi connectivity index (χ4n) is 3.86. The maximum absolute atomic E-state index is 11.9. The smallest absolute Gasteiger partial charge is 0.334 e. The molecule has 31 heavy (non-hydrogen) atoms. The lowest BCUT2D eigenvalue weighted by atomic mass is 10.1. The third-order valence-corrected chi connectivity index (χ3v) is 5.42. The fraction of sp³-hybridized carbons (Fsp3) is 0.500. The summed E-state index contributed by atoms with van der Waals surface area (Å²) < 4.78 is 0.628. The van der Waals surface area contributed by atoms with Crippen molar-refractivity contribution in [1.82, 2.24) is 19.9 Å². The number of hydrogen-bond acceptors (Lipinski definition) is 7. The van der Waals surface area contributed by atoms with Crippen LogP contribution in [0, 0.1) is 0 Å². The molecule has 0 bridgehead atoms. The number of likely N-dealkylation sites (tertiary alicyclic amines) is 1. The molecule has 3 rings (SSSR count). The Morgan fingerprint density at radius 1 is 1.13 bits per heavy atom. The lowest BCUT2D eigenvalue weighted by Gasteiger charge is -2.24. The highest BCUT2D eigenvalue weighted by atomic mass is 16.7. The number of hydrogen-bond donors (Lipinski definition) is 3. The normalized spacial score (nSPS) is 16.3. The summed E-state index contributed by atoms with van der Waals surface area (Å²) >= 11 is 0. The summed E-state index contributed by atoms with van der Waals surface area (Å²) in [5.41, 5.74) is 1.28. The molecule has 1 aliphatic heterocycles. The second kappa shape index (κ2) is 11.4. The molecule has 0 aliphatic carbocycles. The molecule has 1 aliphatic rings. The molecule has 0 unspecified atom stereocenters. The van der Waals surface area contributed by atoms with Crippen molar-refractivity contribution in [3.8, 4) is 11.8 Å². The zero-order chi connectivity index (χ0) is 22.1. The Morgan fingerprint density at radius 3 is 2.68 bits per heavy atom. The number of pyridine rings is 1. The van der Waals surface area contributed by atoms with E-state index < -0.39 is 5.97 Å². The van der Waals surface area contributed by atoms with Crippen molar-refractivity contribution in [2.45, 2.75) is 51.0 Å². The van der Waals surface area contributed by atoms with Gasteiger partial charge in [-0.2, -0.15) is 0 Å². The average molecular weight is 431 g/mol. The number of amides is 1. The van der Waals surface area contributed by atoms with Crippen LogP contribution in [-0.2, 0) is 9.59 Å². The van der Waals surface area contributed by atoms with Crippen LogP contribution in [-0.4, -0.2) is 56.3 Å². The Hall–Kier alpha value is -3.07. The van der Waals surface area contributed by atoms with E-state index in [2.05, 4.69) is 21.3 Å². The van der Waals surface area contributed by atoms with E-state index in [-0.39, 0.29) is 30.6 Å². The summed E-state index contributed by atoms with van der Waals surface area (Å²) in [7, 11) is 0. The van der Waals surface area contributed by atoms with E-state index in [0.717, 1.165) is 32.4 Å². The molecule has 1 saturated heterocycles. The minimum Gasteiger partial charge on any atom is -0.492 e. The molecule has 0 radical (unpaired) electrons. The number of unbranched alkanes of at least 4 members (excludes halogenated alkanes) is 2. The van der Waals surface area contributed by atoms with Crippen molar-refractivity contribution in [3.63, 3.8) is 0 Å². The maximum atomic E-state index is 11.9. The van der Waals surface area contributed by atoms with Crippen LogP contribution in [0.5, 0.6) is 11.8 Å². The molecule has 3 N–H and O–H groups in total. The number of nitrogens with zero attached hydrogens (tertiary/aromatic N) is 3. The summed E-state index contributed by atoms with van der Waals surface area (Å²) in [4.78, 5) is 35.2. The molecule has 0 aromatic carbocycles. The number of aromatic hydroxyl groups is 2. The Labute approximate surface area is 181 Å². The molecule has 2 aromatic heterocycles. The van der Waals surface area contributed by atoms with Crippen LogP contribution in [0.25, 0.3) is 0 Å². The summed E-state index contributed by atoms with van der Waals surface area (Å²) in [5.74, 6) is -1.53. The molecular weight excluding hydrogens is 400 g/mol. The third kappa shape index (κ3) is 6.71. The van der Waals surface area contributed by atoms with Gasteiger partial charge in [0.1, 0.15) is 0 Å². The van der Waals surface area contributed by atoms with E-state index in [0.29, 0.717) is 17.2 Å². The van der Waals surface area contributed by atoms with Gasteiger partial charge in [-0.05, 0) is 50.4 Å². The second-order valence-electron chi connectivity index (χ2n) is 7.70. The first-order chi connectivity index (χ1) is 15.0. The minimum atomic E-state index is -0.670. The first-order valence-electron chi connectivity index (χ1n) is 10.8. The highest BCUT2D eigenvalue weighted by Crippen LogP contribution is 2.31. The van der Waals surface area contributed by atoms with Gasteiger partial charge in [0.15, 0.2) is 0 Å². The number of aromatic nitrogens is 2. The molecule has 9 nitrogen and oxygen atoms in total. The quantitative estimate of drug-likeness (QED) is 0.468. The van der Waals surface area contributed by atoms with E-state index in [1.54, 1.807) is 6.20 Å². The van der Waals surface area contributed by atoms with Gasteiger partial charge in [-0.3, -0.25) is 14.7 Å². The molecule has 0 saturated carbocycles. The predicted octanol–water partition coefficient (Wildman–Crippen LogP) is 2.15. The monoisotopic (exact) mass is 430 g/mol. The zero-order valence-electron chi connectivity index (χ0n) is 17.6. The van der Waals surface area contributed by atoms with Crippen molar-refractivity contribution in [2.75, 3.05) is 19.6 Å². The summed E-state index contributed by atoms with van der Waals surface area (Å²) in [5, 5.41) is 21.5. The first kappa shape index (κ1) is 22.6. The second-order valence-corrected chi connectivity index (χ2v) is 7.70. The minimum absolute atomic E-state index is 0.0620. The van der Waals surface area contributed by atoms with Gasteiger partial charge >= 0.3 is 5.97 Å². The predicted molar refractivity (Wildman–Crippen MR) is 113 cm³/mol. The molecule has 168 valence electrons. The SMILES string of the molecule is O=C(CCCCCN1CCC[C@H]1c1cccnc1)NCCC(=O)On1c(O)ccc1O. The van der Waals surface area contributed by atoms with Gasteiger partial charge in [0, 0.05) is 43.5 Å². The first-order valence-corrected chi connectivity index (χ1v) is 10.8. The highest BCUT2D eigenvalue weighted by molar-refractivity contribution is 5.77. The Balaban J connectivity index is 1.25. The van der Waals surface area contributed by atoms with Crippen molar-refractivity contribution in [1.29, 1.82) is 0 Å². The van der Waals surface area contributed by atoms with E-state index in [1.165, 1.54) is 30.5 Å². The maximum Gasteiger partial charge on any atom is 0.334 e. The van der Waals surface area contributed by atoms with E-state index in [9.17, 15) is 19.8 Å². The fourth-order valence-corrected chi connectivity index (χ4v) is 3.86. The number of carbonyl (C=O) groups is 2. The Kier molecular flexibility index (Phi) is 8.28. The van der Waals surface area contributed by atoms with E-state index in [1.807, 2.05) is 12.3 Å². The van der Waals surface area contributed by atoms with Crippen LogP contribution in [0.15, 0.2) is 36.7 Å². The number of nitrogens with one attached hydrogen (secondary N) is 1. The molecule has 0 spiro atoms. The van der Waals surface area contributed by atoms with Gasteiger partial charge in [0.05, 0.1) is 6.42 Å². The van der Waals surface area contributed by atoms with E-state index >= 15 is 0 Å². The van der Waals surface area contributed by atoms with Gasteiger partial charge in [-0.1, -0.05) is 12.5 Å². The van der Waals surface area contributed by atoms with Crippen LogP contribution in [0.2, 0.25) is 0 Å². The van der Waals surface area contributed by atoms with Gasteiger partial charge in [0.25, 0.3) is 0 Å². The average Bonchev–Trinajstić information content (AvgIpc) is 3.36. The Morgan fingerprint density at radius 2 is 1.94 bits per heavy atom. The summed E-state index contributed by atoms with van der Waals surface area (Å²) in [6, 6.07) is 6.98. The molecule has 1 fully saturated rings. The lowest BCUT2D eigenvalue weighted by Crippen LogP contribution is -2.28. The highest BCUT2D eigenvalue weighted by Gasteiger charge is 2.25. The Bertz CT molecular complexity index is 835. The van der Waals surface area contributed by atoms with Gasteiger partial charge in [0.2, 0.25) is 17.7 Å². The number of rotatable bonds is 11. The molecule has 9 heteroatoms. The molecule has 3 heterocycles. The lowest BCUT2D eigenvalue weighted by molar-refractivity contribution is -0.145. The molecule has 1 amide bonds. The van der Waals surface area contributed by atoms with Crippen LogP contribution in [0.3, 0.4) is 0 Å². The molecule has 2 aromatic rings. The van der Waals surface area contributed by atoms with Crippen molar-refractivity contribution >= 4 is 11.9 Å². The number of carbonyl (C=O) groups excluding carboxylic acids is 2. The zero-order valence-corrected chi connectivity index (χ0v) is 17.6. The van der Waals surface area contributed by atoms with Gasteiger partial charge in [-0.15, -0.1) is 4.73 Å². The largest absolute Gasteiger partial charge is 0.492 e.